The molecule has 0 saturated heterocycles. The first-order valence-electron chi connectivity index (χ1n) is 8.83. The minimum Gasteiger partial charge on any atom is -0.449 e. The van der Waals surface area contributed by atoms with Gasteiger partial charge in [0.1, 0.15) is 6.54 Å². The van der Waals surface area contributed by atoms with Crippen LogP contribution in [-0.4, -0.2) is 24.4 Å². The zero-order chi connectivity index (χ0) is 19.4. The summed E-state index contributed by atoms with van der Waals surface area (Å²) < 4.78 is 5.80. The van der Waals surface area contributed by atoms with Crippen LogP contribution in [-0.2, 0) is 9.59 Å². The molecule has 0 saturated carbocycles. The Bertz CT molecular complexity index is 895. The zero-order valence-electron chi connectivity index (χ0n) is 15.2. The lowest BCUT2D eigenvalue weighted by atomic mass is 10.1. The number of nitrogens with zero attached hydrogens (tertiary/aromatic N) is 1. The molecule has 1 unspecified atom stereocenters. The van der Waals surface area contributed by atoms with Crippen LogP contribution in [0.25, 0.3) is 6.08 Å². The summed E-state index contributed by atoms with van der Waals surface area (Å²) in [7, 11) is 0. The average molecular weight is 385 g/mol. The van der Waals surface area contributed by atoms with Gasteiger partial charge in [-0.3, -0.25) is 14.5 Å². The molecule has 1 heterocycles. The predicted molar refractivity (Wildman–Crippen MR) is 107 cm³/mol. The Morgan fingerprint density at radius 3 is 2.78 bits per heavy atom. The van der Waals surface area contributed by atoms with Crippen molar-refractivity contribution in [2.75, 3.05) is 11.4 Å². The number of benzene rings is 2. The fourth-order valence-electron chi connectivity index (χ4n) is 2.73. The van der Waals surface area contributed by atoms with E-state index in [1.807, 2.05) is 26.0 Å². The number of nitrogens with one attached hydrogen (secondary N) is 1. The fraction of sp³-hybridized carbons (Fsp3) is 0.238. The van der Waals surface area contributed by atoms with Gasteiger partial charge in [-0.25, -0.2) is 0 Å². The van der Waals surface area contributed by atoms with Crippen LogP contribution in [0.4, 0.5) is 5.69 Å². The van der Waals surface area contributed by atoms with E-state index >= 15 is 0 Å². The molecule has 0 fully saturated rings. The molecule has 0 spiro atoms. The van der Waals surface area contributed by atoms with Crippen LogP contribution in [0, 0.1) is 0 Å². The molecule has 5 nitrogen and oxygen atoms in total. The van der Waals surface area contributed by atoms with Gasteiger partial charge in [-0.1, -0.05) is 42.8 Å². The zero-order valence-corrected chi connectivity index (χ0v) is 16.0. The van der Waals surface area contributed by atoms with E-state index in [0.717, 1.165) is 12.0 Å². The van der Waals surface area contributed by atoms with Gasteiger partial charge in [-0.05, 0) is 49.2 Å². The number of hydrogen-bond donors (Lipinski definition) is 1. The number of ether oxygens (including phenoxy) is 1. The number of halogens is 1. The Morgan fingerprint density at radius 2 is 2.04 bits per heavy atom. The van der Waals surface area contributed by atoms with Gasteiger partial charge in [-0.15, -0.1) is 0 Å². The van der Waals surface area contributed by atoms with E-state index in [1.165, 1.54) is 4.90 Å². The molecular weight excluding hydrogens is 364 g/mol. The molecule has 2 aromatic rings. The summed E-state index contributed by atoms with van der Waals surface area (Å²) >= 11 is 6.02. The summed E-state index contributed by atoms with van der Waals surface area (Å²) in [6, 6.07) is 14.3. The van der Waals surface area contributed by atoms with Gasteiger partial charge in [0.05, 0.1) is 5.69 Å². The molecule has 1 aliphatic heterocycles. The van der Waals surface area contributed by atoms with Crippen molar-refractivity contribution in [3.63, 3.8) is 0 Å². The lowest BCUT2D eigenvalue weighted by Crippen LogP contribution is -2.46. The van der Waals surface area contributed by atoms with Crippen molar-refractivity contribution >= 4 is 35.2 Å². The van der Waals surface area contributed by atoms with Crippen molar-refractivity contribution in [3.05, 3.63) is 64.9 Å². The summed E-state index contributed by atoms with van der Waals surface area (Å²) in [6.07, 6.45) is 2.45. The van der Waals surface area contributed by atoms with Gasteiger partial charge in [-0.2, -0.15) is 0 Å². The molecule has 0 aliphatic carbocycles. The highest BCUT2D eigenvalue weighted by Gasteiger charge is 2.31. The largest absolute Gasteiger partial charge is 0.449 e. The molecule has 0 radical (unpaired) electrons. The van der Waals surface area contributed by atoms with Gasteiger partial charge in [0, 0.05) is 11.1 Å². The quantitative estimate of drug-likeness (QED) is 0.792. The molecule has 0 bridgehead atoms. The first-order chi connectivity index (χ1) is 13.0. The van der Waals surface area contributed by atoms with Crippen LogP contribution in [0.15, 0.2) is 54.3 Å². The van der Waals surface area contributed by atoms with Crippen LogP contribution in [0.5, 0.6) is 5.75 Å². The predicted octanol–water partition coefficient (Wildman–Crippen LogP) is 4.02. The van der Waals surface area contributed by atoms with E-state index in [9.17, 15) is 9.59 Å². The van der Waals surface area contributed by atoms with Gasteiger partial charge in [0.2, 0.25) is 5.91 Å². The van der Waals surface area contributed by atoms with Crippen molar-refractivity contribution in [1.82, 2.24) is 5.32 Å². The maximum atomic E-state index is 13.0. The number of hydrogen-bond acceptors (Lipinski definition) is 3. The van der Waals surface area contributed by atoms with Crippen molar-refractivity contribution in [2.45, 2.75) is 26.3 Å². The normalized spacial score (nSPS) is 15.9. The Hall–Kier alpha value is -2.79. The number of para-hydroxylation sites is 2. The van der Waals surface area contributed by atoms with Crippen LogP contribution in [0.3, 0.4) is 0 Å². The summed E-state index contributed by atoms with van der Waals surface area (Å²) in [5.41, 5.74) is 1.32. The first-order valence-corrected chi connectivity index (χ1v) is 9.21. The van der Waals surface area contributed by atoms with Gasteiger partial charge >= 0.3 is 0 Å². The smallest absolute Gasteiger partial charge is 0.294 e. The Kier molecular flexibility index (Phi) is 5.81. The highest BCUT2D eigenvalue weighted by atomic mass is 35.5. The standard InChI is InChI=1S/C21H21ClN2O3/c1-3-14(2)23-20(25)13-24-17-9-4-5-10-18(17)27-19(21(24)26)12-15-7-6-8-16(22)11-15/h4-12,14H,3,13H2,1-2H3,(H,23,25). The Morgan fingerprint density at radius 1 is 1.26 bits per heavy atom. The first kappa shape index (κ1) is 19.0. The highest BCUT2D eigenvalue weighted by Crippen LogP contribution is 2.35. The minimum atomic E-state index is -0.368. The molecule has 1 N–H and O–H groups in total. The second-order valence-electron chi connectivity index (χ2n) is 6.40. The summed E-state index contributed by atoms with van der Waals surface area (Å²) in [5, 5.41) is 3.46. The molecule has 1 atom stereocenters. The Labute approximate surface area is 163 Å². The molecule has 27 heavy (non-hydrogen) atoms. The van der Waals surface area contributed by atoms with Crippen LogP contribution < -0.4 is 15.0 Å². The molecule has 6 heteroatoms. The number of rotatable bonds is 5. The molecule has 140 valence electrons. The molecular formula is C21H21ClN2O3. The summed E-state index contributed by atoms with van der Waals surface area (Å²) in [4.78, 5) is 26.8. The summed E-state index contributed by atoms with van der Waals surface area (Å²) in [5.74, 6) is 0.0958. The number of carbonyl (C=O) groups excluding carboxylic acids is 2. The minimum absolute atomic E-state index is 0.0466. The third-order valence-corrected chi connectivity index (χ3v) is 4.53. The average Bonchev–Trinajstić information content (AvgIpc) is 2.65. The SMILES string of the molecule is CCC(C)NC(=O)CN1C(=O)C(=Cc2cccc(Cl)c2)Oc2ccccc21. The topological polar surface area (TPSA) is 58.6 Å². The molecule has 3 rings (SSSR count). The van der Waals surface area contributed by atoms with Crippen molar-refractivity contribution in [3.8, 4) is 5.75 Å². The van der Waals surface area contributed by atoms with E-state index in [-0.39, 0.29) is 30.2 Å². The monoisotopic (exact) mass is 384 g/mol. The van der Waals surface area contributed by atoms with Gasteiger partial charge in [0.15, 0.2) is 11.5 Å². The third kappa shape index (κ3) is 4.49. The van der Waals surface area contributed by atoms with E-state index in [0.29, 0.717) is 16.5 Å². The number of amides is 2. The second-order valence-corrected chi connectivity index (χ2v) is 6.84. The van der Waals surface area contributed by atoms with Gasteiger partial charge < -0.3 is 10.1 Å². The van der Waals surface area contributed by atoms with E-state index < -0.39 is 0 Å². The van der Waals surface area contributed by atoms with E-state index in [1.54, 1.807) is 42.5 Å². The molecule has 2 amide bonds. The van der Waals surface area contributed by atoms with E-state index in [2.05, 4.69) is 5.32 Å². The Balaban J connectivity index is 1.92. The highest BCUT2D eigenvalue weighted by molar-refractivity contribution is 6.30. The third-order valence-electron chi connectivity index (χ3n) is 4.30. The maximum Gasteiger partial charge on any atom is 0.294 e. The van der Waals surface area contributed by atoms with Crippen LogP contribution >= 0.6 is 11.6 Å². The molecule has 1 aliphatic rings. The maximum absolute atomic E-state index is 13.0. The lowest BCUT2D eigenvalue weighted by Gasteiger charge is -2.30. The van der Waals surface area contributed by atoms with E-state index in [4.69, 9.17) is 16.3 Å². The number of carbonyl (C=O) groups is 2. The lowest BCUT2D eigenvalue weighted by molar-refractivity contribution is -0.123. The van der Waals surface area contributed by atoms with Crippen molar-refractivity contribution in [1.29, 1.82) is 0 Å². The molecule has 2 aromatic carbocycles. The van der Waals surface area contributed by atoms with Crippen LogP contribution in [0.2, 0.25) is 5.02 Å². The second kappa shape index (κ2) is 8.27. The van der Waals surface area contributed by atoms with Crippen molar-refractivity contribution < 1.29 is 14.3 Å². The number of fused-ring (bicyclic) bond motifs is 1. The number of anilines is 1. The van der Waals surface area contributed by atoms with Gasteiger partial charge in [0.25, 0.3) is 5.91 Å². The summed E-state index contributed by atoms with van der Waals surface area (Å²) in [6.45, 7) is 3.85. The fourth-order valence-corrected chi connectivity index (χ4v) is 2.93. The van der Waals surface area contributed by atoms with Crippen molar-refractivity contribution in [2.24, 2.45) is 0 Å². The van der Waals surface area contributed by atoms with Crippen LogP contribution in [0.1, 0.15) is 25.8 Å². The molecule has 0 aromatic heterocycles.